The Morgan fingerprint density at radius 3 is 2.52 bits per heavy atom. The molecule has 0 spiro atoms. The highest BCUT2D eigenvalue weighted by Gasteiger charge is 2.23. The van der Waals surface area contributed by atoms with Gasteiger partial charge in [-0.3, -0.25) is 4.79 Å². The number of alkyl carbamates (subject to hydrolysis) is 1. The van der Waals surface area contributed by atoms with Crippen molar-refractivity contribution in [2.24, 2.45) is 0 Å². The summed E-state index contributed by atoms with van der Waals surface area (Å²) < 4.78 is 20.2. The van der Waals surface area contributed by atoms with Crippen molar-refractivity contribution in [1.82, 2.24) is 5.32 Å². The largest absolute Gasteiger partial charge is 0.481 e. The van der Waals surface area contributed by atoms with E-state index in [1.807, 2.05) is 54.6 Å². The van der Waals surface area contributed by atoms with Gasteiger partial charge in [0.2, 0.25) is 0 Å². The highest BCUT2D eigenvalue weighted by molar-refractivity contribution is 5.79. The Hall–Kier alpha value is -3.93. The Bertz CT molecular complexity index is 1190. The molecule has 3 aromatic rings. The molecule has 0 saturated heterocycles. The molecule has 1 atom stereocenters. The summed E-state index contributed by atoms with van der Waals surface area (Å²) in [5.41, 5.74) is 6.32. The Morgan fingerprint density at radius 2 is 1.73 bits per heavy atom. The van der Waals surface area contributed by atoms with Crippen molar-refractivity contribution in [2.75, 3.05) is 0 Å². The van der Waals surface area contributed by atoms with Crippen LogP contribution in [0.2, 0.25) is 0 Å². The van der Waals surface area contributed by atoms with Gasteiger partial charge < -0.3 is 15.2 Å². The Kier molecular flexibility index (Phi) is 6.83. The molecule has 0 fully saturated rings. The predicted octanol–water partition coefficient (Wildman–Crippen LogP) is 5.42. The maximum atomic E-state index is 14.7. The molecule has 1 aliphatic rings. The highest BCUT2D eigenvalue weighted by atomic mass is 19.1. The summed E-state index contributed by atoms with van der Waals surface area (Å²) in [6.45, 7) is 0.0435. The Labute approximate surface area is 191 Å². The summed E-state index contributed by atoms with van der Waals surface area (Å²) in [5.74, 6) is -1.86. The topological polar surface area (TPSA) is 75.6 Å². The van der Waals surface area contributed by atoms with Crippen molar-refractivity contribution in [3.63, 3.8) is 0 Å². The van der Waals surface area contributed by atoms with Gasteiger partial charge in [-0.2, -0.15) is 0 Å². The van der Waals surface area contributed by atoms with Gasteiger partial charge in [-0.1, -0.05) is 72.8 Å². The number of fused-ring (bicyclic) bond motifs is 3. The fourth-order valence-electron chi connectivity index (χ4n) is 4.11. The quantitative estimate of drug-likeness (QED) is 0.380. The fraction of sp³-hybridized carbons (Fsp3) is 0.185. The monoisotopic (exact) mass is 445 g/mol. The average Bonchev–Trinajstić information content (AvgIpc) is 3.20. The number of hydrogen-bond acceptors (Lipinski definition) is 3. The minimum Gasteiger partial charge on any atom is -0.481 e. The normalized spacial score (nSPS) is 13.1. The second-order valence-electron chi connectivity index (χ2n) is 7.93. The number of carbonyl (C=O) groups excluding carboxylic acids is 1. The number of carbonyl (C=O) groups is 2. The number of carboxylic acid groups (broad SMARTS) is 1. The van der Waals surface area contributed by atoms with Gasteiger partial charge in [0.25, 0.3) is 0 Å². The predicted molar refractivity (Wildman–Crippen MR) is 123 cm³/mol. The summed E-state index contributed by atoms with van der Waals surface area (Å²) in [7, 11) is 0. The van der Waals surface area contributed by atoms with E-state index in [9.17, 15) is 14.0 Å². The van der Waals surface area contributed by atoms with Crippen molar-refractivity contribution >= 4 is 12.1 Å². The molecule has 1 amide bonds. The third kappa shape index (κ3) is 5.47. The van der Waals surface area contributed by atoms with Gasteiger partial charge in [0.15, 0.2) is 0 Å². The molecular formula is C27H24FNO4. The van der Waals surface area contributed by atoms with Crippen LogP contribution < -0.4 is 5.32 Å². The maximum absolute atomic E-state index is 14.7. The standard InChI is InChI=1S/C27H24FNO4/c28-23(13-14-25(30)31)24(15-18-7-2-1-3-8-18)29-27(32)33-17-21-11-6-10-20-16-19-9-4-5-12-22(19)26(20)21/h1-13,24H,14-17H2,(H,29,32)(H,30,31)/b23-13-/t24-/m1/s1. The van der Waals surface area contributed by atoms with Crippen LogP contribution in [0.1, 0.15) is 28.7 Å². The fourth-order valence-corrected chi connectivity index (χ4v) is 4.11. The molecule has 5 nitrogen and oxygen atoms in total. The van der Waals surface area contributed by atoms with Crippen LogP contribution in [0.3, 0.4) is 0 Å². The van der Waals surface area contributed by atoms with Crippen LogP contribution >= 0.6 is 0 Å². The molecule has 4 rings (SSSR count). The second-order valence-corrected chi connectivity index (χ2v) is 7.93. The van der Waals surface area contributed by atoms with Crippen molar-refractivity contribution in [2.45, 2.75) is 31.9 Å². The van der Waals surface area contributed by atoms with Gasteiger partial charge in [-0.15, -0.1) is 0 Å². The van der Waals surface area contributed by atoms with Gasteiger partial charge in [0.1, 0.15) is 12.4 Å². The summed E-state index contributed by atoms with van der Waals surface area (Å²) in [4.78, 5) is 23.4. The van der Waals surface area contributed by atoms with E-state index in [1.165, 1.54) is 11.1 Å². The minimum absolute atomic E-state index is 0.0435. The third-order valence-electron chi connectivity index (χ3n) is 5.64. The average molecular weight is 445 g/mol. The number of rotatable bonds is 8. The van der Waals surface area contributed by atoms with Crippen LogP contribution in [0.4, 0.5) is 9.18 Å². The van der Waals surface area contributed by atoms with Gasteiger partial charge in [-0.25, -0.2) is 9.18 Å². The number of benzene rings is 3. The highest BCUT2D eigenvalue weighted by Crippen LogP contribution is 2.38. The van der Waals surface area contributed by atoms with Crippen LogP contribution in [0.25, 0.3) is 11.1 Å². The molecule has 2 N–H and O–H groups in total. The lowest BCUT2D eigenvalue weighted by Crippen LogP contribution is -2.37. The number of aliphatic carboxylic acids is 1. The van der Waals surface area contributed by atoms with E-state index in [2.05, 4.69) is 23.5 Å². The first-order valence-corrected chi connectivity index (χ1v) is 10.7. The summed E-state index contributed by atoms with van der Waals surface area (Å²) in [6.07, 6.45) is 0.746. The molecule has 0 bridgehead atoms. The van der Waals surface area contributed by atoms with E-state index in [0.29, 0.717) is 0 Å². The number of hydrogen-bond donors (Lipinski definition) is 2. The van der Waals surface area contributed by atoms with Gasteiger partial charge in [-0.05, 0) is 52.3 Å². The molecule has 3 aromatic carbocycles. The van der Waals surface area contributed by atoms with E-state index in [0.717, 1.165) is 34.8 Å². The van der Waals surface area contributed by atoms with E-state index >= 15 is 0 Å². The summed E-state index contributed by atoms with van der Waals surface area (Å²) in [6, 6.07) is 22.1. The molecule has 33 heavy (non-hydrogen) atoms. The lowest BCUT2D eigenvalue weighted by molar-refractivity contribution is -0.136. The summed E-state index contributed by atoms with van der Waals surface area (Å²) in [5, 5.41) is 11.4. The van der Waals surface area contributed by atoms with Crippen molar-refractivity contribution in [1.29, 1.82) is 0 Å². The van der Waals surface area contributed by atoms with Crippen LogP contribution in [0.15, 0.2) is 84.7 Å². The molecule has 1 aliphatic carbocycles. The number of amides is 1. The molecule has 0 aliphatic heterocycles. The van der Waals surface area contributed by atoms with E-state index < -0.39 is 30.4 Å². The molecule has 6 heteroatoms. The van der Waals surface area contributed by atoms with Crippen molar-refractivity contribution in [3.05, 3.63) is 107 Å². The number of nitrogens with one attached hydrogen (secondary N) is 1. The summed E-state index contributed by atoms with van der Waals surface area (Å²) >= 11 is 0. The van der Waals surface area contributed by atoms with E-state index in [1.54, 1.807) is 0 Å². The molecule has 0 heterocycles. The van der Waals surface area contributed by atoms with Gasteiger partial charge >= 0.3 is 12.1 Å². The third-order valence-corrected chi connectivity index (χ3v) is 5.64. The minimum atomic E-state index is -1.15. The zero-order chi connectivity index (χ0) is 23.2. The maximum Gasteiger partial charge on any atom is 0.408 e. The number of carboxylic acids is 1. The Balaban J connectivity index is 1.46. The molecule has 0 aromatic heterocycles. The molecule has 0 saturated carbocycles. The van der Waals surface area contributed by atoms with Crippen LogP contribution in [0.5, 0.6) is 0 Å². The molecule has 0 radical (unpaired) electrons. The molecule has 168 valence electrons. The van der Waals surface area contributed by atoms with E-state index in [4.69, 9.17) is 9.84 Å². The van der Waals surface area contributed by atoms with E-state index in [-0.39, 0.29) is 13.0 Å². The van der Waals surface area contributed by atoms with Crippen molar-refractivity contribution < 1.29 is 23.8 Å². The first-order valence-electron chi connectivity index (χ1n) is 10.7. The molecule has 0 unspecified atom stereocenters. The lowest BCUT2D eigenvalue weighted by Gasteiger charge is -2.18. The van der Waals surface area contributed by atoms with Crippen LogP contribution in [-0.2, 0) is 29.0 Å². The lowest BCUT2D eigenvalue weighted by atomic mass is 10.00. The van der Waals surface area contributed by atoms with Gasteiger partial charge in [0, 0.05) is 0 Å². The van der Waals surface area contributed by atoms with Crippen LogP contribution in [-0.4, -0.2) is 23.2 Å². The van der Waals surface area contributed by atoms with Gasteiger partial charge in [0.05, 0.1) is 12.5 Å². The zero-order valence-electron chi connectivity index (χ0n) is 18.0. The zero-order valence-corrected chi connectivity index (χ0v) is 18.0. The Morgan fingerprint density at radius 1 is 1.00 bits per heavy atom. The number of halogens is 1. The van der Waals surface area contributed by atoms with Crippen molar-refractivity contribution in [3.8, 4) is 11.1 Å². The SMILES string of the molecule is O=C(O)C/C=C(\F)[C@@H](Cc1ccccc1)NC(=O)OCc1cccc2c1-c1ccccc1C2. The second kappa shape index (κ2) is 10.1. The number of ether oxygens (including phenoxy) is 1. The molecular weight excluding hydrogens is 421 g/mol. The first-order chi connectivity index (χ1) is 16.0. The van der Waals surface area contributed by atoms with Crippen LogP contribution in [0, 0.1) is 0 Å². The smallest absolute Gasteiger partial charge is 0.408 e. The first kappa shape index (κ1) is 22.3.